The lowest BCUT2D eigenvalue weighted by Gasteiger charge is -2.32. The molecule has 0 spiro atoms. The molecule has 0 saturated carbocycles. The first-order chi connectivity index (χ1) is 5.38. The molecule has 0 saturated heterocycles. The summed E-state index contributed by atoms with van der Waals surface area (Å²) < 4.78 is 0. The fourth-order valence-corrected chi connectivity index (χ4v) is 0.867. The summed E-state index contributed by atoms with van der Waals surface area (Å²) in [5.41, 5.74) is 5.83. The largest absolute Gasteiger partial charge is 0.330 e. The maximum Gasteiger partial charge on any atom is 0.0122 e. The van der Waals surface area contributed by atoms with Gasteiger partial charge in [0.05, 0.1) is 0 Å². The van der Waals surface area contributed by atoms with E-state index in [1.807, 2.05) is 0 Å². The van der Waals surface area contributed by atoms with E-state index in [1.165, 1.54) is 6.42 Å². The van der Waals surface area contributed by atoms with Gasteiger partial charge in [0.15, 0.2) is 0 Å². The molecule has 1 atom stereocenters. The molecule has 0 bridgehead atoms. The van der Waals surface area contributed by atoms with Gasteiger partial charge in [0.2, 0.25) is 0 Å². The number of nitrogens with zero attached hydrogens (tertiary/aromatic N) is 1. The molecule has 0 aromatic rings. The Morgan fingerprint density at radius 1 is 1.33 bits per heavy atom. The van der Waals surface area contributed by atoms with Crippen LogP contribution in [-0.2, 0) is 0 Å². The van der Waals surface area contributed by atoms with Gasteiger partial charge in [-0.1, -0.05) is 6.92 Å². The number of hydrogen-bond acceptors (Lipinski definition) is 2. The second-order valence-electron chi connectivity index (χ2n) is 4.72. The van der Waals surface area contributed by atoms with Crippen LogP contribution in [0.5, 0.6) is 0 Å². The van der Waals surface area contributed by atoms with E-state index < -0.39 is 0 Å². The SMILES string of the molecule is CC(CN)CCN(C)C(C)(C)C. The predicted molar refractivity (Wildman–Crippen MR) is 55.2 cm³/mol. The van der Waals surface area contributed by atoms with Crippen LogP contribution in [0.4, 0.5) is 0 Å². The van der Waals surface area contributed by atoms with Crippen molar-refractivity contribution in [1.29, 1.82) is 0 Å². The van der Waals surface area contributed by atoms with Crippen LogP contribution in [0.2, 0.25) is 0 Å². The highest BCUT2D eigenvalue weighted by molar-refractivity contribution is 4.73. The second-order valence-corrected chi connectivity index (χ2v) is 4.72. The minimum atomic E-state index is 0.286. The summed E-state index contributed by atoms with van der Waals surface area (Å²) in [4.78, 5) is 2.37. The summed E-state index contributed by atoms with van der Waals surface area (Å²) in [6, 6.07) is 0. The van der Waals surface area contributed by atoms with Gasteiger partial charge in [-0.05, 0) is 53.2 Å². The summed E-state index contributed by atoms with van der Waals surface area (Å²) in [7, 11) is 2.17. The molecule has 1 unspecified atom stereocenters. The molecule has 0 rings (SSSR count). The monoisotopic (exact) mass is 172 g/mol. The van der Waals surface area contributed by atoms with Crippen LogP contribution in [0.25, 0.3) is 0 Å². The molecule has 2 N–H and O–H groups in total. The van der Waals surface area contributed by atoms with Crippen molar-refractivity contribution in [2.75, 3.05) is 20.1 Å². The van der Waals surface area contributed by atoms with Crippen LogP contribution in [0.1, 0.15) is 34.1 Å². The van der Waals surface area contributed by atoms with Gasteiger partial charge in [0.25, 0.3) is 0 Å². The normalized spacial score (nSPS) is 15.2. The Bertz CT molecular complexity index is 115. The van der Waals surface area contributed by atoms with E-state index in [9.17, 15) is 0 Å². The van der Waals surface area contributed by atoms with Crippen LogP contribution in [0, 0.1) is 5.92 Å². The fraction of sp³-hybridized carbons (Fsp3) is 1.00. The molecule has 0 aliphatic carbocycles. The molecular weight excluding hydrogens is 148 g/mol. The van der Waals surface area contributed by atoms with Gasteiger partial charge in [-0.3, -0.25) is 0 Å². The lowest BCUT2D eigenvalue weighted by atomic mass is 10.0. The van der Waals surface area contributed by atoms with Crippen LogP contribution in [0.3, 0.4) is 0 Å². The first-order valence-electron chi connectivity index (χ1n) is 4.79. The van der Waals surface area contributed by atoms with E-state index in [2.05, 4.69) is 39.6 Å². The first kappa shape index (κ1) is 11.9. The highest BCUT2D eigenvalue weighted by atomic mass is 15.1. The van der Waals surface area contributed by atoms with Crippen molar-refractivity contribution in [3.05, 3.63) is 0 Å². The van der Waals surface area contributed by atoms with Gasteiger partial charge < -0.3 is 10.6 Å². The van der Waals surface area contributed by atoms with E-state index >= 15 is 0 Å². The van der Waals surface area contributed by atoms with Crippen LogP contribution < -0.4 is 5.73 Å². The quantitative estimate of drug-likeness (QED) is 0.699. The third kappa shape index (κ3) is 4.73. The van der Waals surface area contributed by atoms with Crippen LogP contribution in [0.15, 0.2) is 0 Å². The van der Waals surface area contributed by atoms with Gasteiger partial charge >= 0.3 is 0 Å². The zero-order valence-electron chi connectivity index (χ0n) is 9.22. The summed E-state index contributed by atoms with van der Waals surface area (Å²) in [6.45, 7) is 10.9. The van der Waals surface area contributed by atoms with Crippen molar-refractivity contribution >= 4 is 0 Å². The Balaban J connectivity index is 3.64. The van der Waals surface area contributed by atoms with Crippen molar-refractivity contribution < 1.29 is 0 Å². The minimum absolute atomic E-state index is 0.286. The fourth-order valence-electron chi connectivity index (χ4n) is 0.867. The Morgan fingerprint density at radius 2 is 1.83 bits per heavy atom. The Kier molecular flexibility index (Phi) is 4.80. The molecule has 2 heteroatoms. The molecular formula is C10H24N2. The van der Waals surface area contributed by atoms with E-state index in [0.29, 0.717) is 5.92 Å². The van der Waals surface area contributed by atoms with Crippen molar-refractivity contribution in [3.63, 3.8) is 0 Å². The average molecular weight is 172 g/mol. The molecule has 0 fully saturated rings. The minimum Gasteiger partial charge on any atom is -0.330 e. The molecule has 0 aromatic carbocycles. The predicted octanol–water partition coefficient (Wildman–Crippen LogP) is 1.70. The second kappa shape index (κ2) is 4.83. The van der Waals surface area contributed by atoms with Gasteiger partial charge in [-0.2, -0.15) is 0 Å². The Hall–Kier alpha value is -0.0800. The highest BCUT2D eigenvalue weighted by Gasteiger charge is 2.16. The third-order valence-electron chi connectivity index (χ3n) is 2.50. The standard InChI is InChI=1S/C10H24N2/c1-9(8-11)6-7-12(5)10(2,3)4/h9H,6-8,11H2,1-5H3. The first-order valence-corrected chi connectivity index (χ1v) is 4.79. The highest BCUT2D eigenvalue weighted by Crippen LogP contribution is 2.12. The molecule has 74 valence electrons. The summed E-state index contributed by atoms with van der Waals surface area (Å²) in [5.74, 6) is 0.648. The maximum atomic E-state index is 5.55. The van der Waals surface area contributed by atoms with Crippen molar-refractivity contribution in [2.45, 2.75) is 39.7 Å². The molecule has 0 aliphatic rings. The van der Waals surface area contributed by atoms with Crippen LogP contribution in [-0.4, -0.2) is 30.6 Å². The van der Waals surface area contributed by atoms with E-state index in [1.54, 1.807) is 0 Å². The summed E-state index contributed by atoms with van der Waals surface area (Å²) in [6.07, 6.45) is 1.20. The van der Waals surface area contributed by atoms with Gasteiger partial charge in [-0.15, -0.1) is 0 Å². The Morgan fingerprint density at radius 3 is 2.17 bits per heavy atom. The maximum absolute atomic E-state index is 5.55. The van der Waals surface area contributed by atoms with E-state index in [0.717, 1.165) is 13.1 Å². The van der Waals surface area contributed by atoms with E-state index in [4.69, 9.17) is 5.73 Å². The number of rotatable bonds is 4. The number of hydrogen-bond donors (Lipinski definition) is 1. The van der Waals surface area contributed by atoms with Crippen molar-refractivity contribution in [2.24, 2.45) is 11.7 Å². The molecule has 0 radical (unpaired) electrons. The van der Waals surface area contributed by atoms with Crippen LogP contribution >= 0.6 is 0 Å². The zero-order chi connectivity index (χ0) is 9.78. The topological polar surface area (TPSA) is 29.3 Å². The third-order valence-corrected chi connectivity index (χ3v) is 2.50. The molecule has 0 aliphatic heterocycles. The van der Waals surface area contributed by atoms with Gasteiger partial charge in [0, 0.05) is 5.54 Å². The molecule has 12 heavy (non-hydrogen) atoms. The van der Waals surface area contributed by atoms with Crippen molar-refractivity contribution in [3.8, 4) is 0 Å². The Labute approximate surface area is 77.1 Å². The zero-order valence-corrected chi connectivity index (χ0v) is 9.22. The molecule has 0 amide bonds. The average Bonchev–Trinajstić information content (AvgIpc) is 1.97. The summed E-state index contributed by atoms with van der Waals surface area (Å²) in [5, 5.41) is 0. The van der Waals surface area contributed by atoms with Gasteiger partial charge in [-0.25, -0.2) is 0 Å². The molecule has 0 heterocycles. The molecule has 0 aromatic heterocycles. The van der Waals surface area contributed by atoms with Gasteiger partial charge in [0.1, 0.15) is 0 Å². The van der Waals surface area contributed by atoms with Crippen molar-refractivity contribution in [1.82, 2.24) is 4.90 Å². The lowest BCUT2D eigenvalue weighted by molar-refractivity contribution is 0.166. The number of nitrogens with two attached hydrogens (primary N) is 1. The smallest absolute Gasteiger partial charge is 0.0122 e. The van der Waals surface area contributed by atoms with E-state index in [-0.39, 0.29) is 5.54 Å². The lowest BCUT2D eigenvalue weighted by Crippen LogP contribution is -2.39. The molecule has 2 nitrogen and oxygen atoms in total. The summed E-state index contributed by atoms with van der Waals surface area (Å²) >= 11 is 0.